The predicted molar refractivity (Wildman–Crippen MR) is 140 cm³/mol. The zero-order valence-electron chi connectivity index (χ0n) is 19.7. The van der Waals surface area contributed by atoms with Crippen molar-refractivity contribution in [3.05, 3.63) is 57.6 Å². The number of fused-ring (bicyclic) bond motifs is 3. The number of thiophene rings is 1. The number of pyridine rings is 1. The van der Waals surface area contributed by atoms with Gasteiger partial charge >= 0.3 is 5.97 Å². The van der Waals surface area contributed by atoms with Crippen LogP contribution in [0.1, 0.15) is 23.1 Å². The molecule has 5 rings (SSSR count). The molecule has 0 aliphatic carbocycles. The van der Waals surface area contributed by atoms with Gasteiger partial charge < -0.3 is 19.7 Å². The number of sulfone groups is 1. The van der Waals surface area contributed by atoms with Crippen LogP contribution in [0.5, 0.6) is 17.5 Å². The fraction of sp³-hybridized carbons (Fsp3) is 0.280. The van der Waals surface area contributed by atoms with E-state index in [0.29, 0.717) is 33.3 Å². The number of aromatic nitrogens is 2. The van der Waals surface area contributed by atoms with Gasteiger partial charge in [0.15, 0.2) is 28.2 Å². The van der Waals surface area contributed by atoms with E-state index in [1.165, 1.54) is 28.0 Å². The van der Waals surface area contributed by atoms with E-state index in [4.69, 9.17) is 26.1 Å². The third-order valence-electron chi connectivity index (χ3n) is 6.09. The summed E-state index contributed by atoms with van der Waals surface area (Å²) in [5, 5.41) is 21.4. The van der Waals surface area contributed by atoms with Gasteiger partial charge in [0.1, 0.15) is 10.6 Å². The Morgan fingerprint density at radius 1 is 1.16 bits per heavy atom. The summed E-state index contributed by atoms with van der Waals surface area (Å²) in [7, 11) is -3.19. The van der Waals surface area contributed by atoms with Gasteiger partial charge in [-0.15, -0.1) is 11.3 Å². The number of carbonyl (C=O) groups excluding carboxylic acids is 1. The molecule has 12 heteroatoms. The van der Waals surface area contributed by atoms with E-state index < -0.39 is 15.8 Å². The van der Waals surface area contributed by atoms with E-state index in [9.17, 15) is 23.4 Å². The van der Waals surface area contributed by atoms with Crippen LogP contribution >= 0.6 is 22.9 Å². The average molecular weight is 563 g/mol. The lowest BCUT2D eigenvalue weighted by atomic mass is 9.97. The lowest BCUT2D eigenvalue weighted by molar-refractivity contribution is -0.145. The Morgan fingerprint density at radius 3 is 2.54 bits per heavy atom. The molecule has 0 unspecified atom stereocenters. The van der Waals surface area contributed by atoms with Crippen molar-refractivity contribution < 1.29 is 32.9 Å². The van der Waals surface area contributed by atoms with Gasteiger partial charge in [-0.2, -0.15) is 0 Å². The number of rotatable bonds is 7. The van der Waals surface area contributed by atoms with Crippen molar-refractivity contribution in [2.24, 2.45) is 0 Å². The highest BCUT2D eigenvalue weighted by molar-refractivity contribution is 7.90. The van der Waals surface area contributed by atoms with E-state index in [-0.39, 0.29) is 43.0 Å². The van der Waals surface area contributed by atoms with Crippen molar-refractivity contribution in [2.75, 3.05) is 19.0 Å². The number of hydrogen-bond acceptors (Lipinski definition) is 9. The van der Waals surface area contributed by atoms with Gasteiger partial charge in [0.25, 0.3) is 0 Å². The number of aryl methyl sites for hydroxylation is 1. The fourth-order valence-electron chi connectivity index (χ4n) is 4.37. The first kappa shape index (κ1) is 25.4. The maximum absolute atomic E-state index is 12.3. The molecule has 1 aliphatic rings. The lowest BCUT2D eigenvalue weighted by Gasteiger charge is -2.16. The minimum Gasteiger partial charge on any atom is -0.494 e. The van der Waals surface area contributed by atoms with Crippen molar-refractivity contribution in [1.29, 1.82) is 0 Å². The van der Waals surface area contributed by atoms with Crippen molar-refractivity contribution in [3.8, 4) is 28.6 Å². The van der Waals surface area contributed by atoms with Crippen molar-refractivity contribution in [1.82, 2.24) is 9.55 Å². The summed E-state index contributed by atoms with van der Waals surface area (Å²) < 4.78 is 36.3. The van der Waals surface area contributed by atoms with Gasteiger partial charge in [-0.3, -0.25) is 4.57 Å². The molecule has 4 heterocycles. The second-order valence-corrected chi connectivity index (χ2v) is 12.2. The fourth-order valence-corrected chi connectivity index (χ4v) is 7.72. The molecule has 0 amide bonds. The first-order chi connectivity index (χ1) is 17.7. The highest BCUT2D eigenvalue weighted by Crippen LogP contribution is 2.45. The van der Waals surface area contributed by atoms with Crippen molar-refractivity contribution >= 4 is 49.0 Å². The Kier molecular flexibility index (Phi) is 6.78. The predicted octanol–water partition coefficient (Wildman–Crippen LogP) is 4.29. The molecule has 1 aliphatic heterocycles. The molecule has 0 radical (unpaired) electrons. The molecule has 0 saturated heterocycles. The highest BCUT2D eigenvalue weighted by atomic mass is 35.5. The maximum atomic E-state index is 12.3. The molecule has 3 aromatic heterocycles. The molecule has 1 aromatic carbocycles. The number of benzene rings is 1. The van der Waals surface area contributed by atoms with Gasteiger partial charge in [0.2, 0.25) is 0 Å². The van der Waals surface area contributed by atoms with Crippen LogP contribution < -0.4 is 4.74 Å². The van der Waals surface area contributed by atoms with Gasteiger partial charge in [0.05, 0.1) is 35.4 Å². The molecule has 0 bridgehead atoms. The van der Waals surface area contributed by atoms with Crippen LogP contribution in [-0.4, -0.2) is 53.1 Å². The number of ether oxygens (including phenoxy) is 2. The number of halogens is 1. The number of carbonyl (C=O) groups is 1. The summed E-state index contributed by atoms with van der Waals surface area (Å²) in [6.07, 6.45) is 0.363. The summed E-state index contributed by atoms with van der Waals surface area (Å²) in [6, 6.07) is 9.77. The van der Waals surface area contributed by atoms with E-state index in [2.05, 4.69) is 0 Å². The van der Waals surface area contributed by atoms with Crippen LogP contribution in [0.15, 0.2) is 36.4 Å². The second kappa shape index (κ2) is 9.88. The van der Waals surface area contributed by atoms with Crippen LogP contribution in [0, 0.1) is 0 Å². The monoisotopic (exact) mass is 562 g/mol. The van der Waals surface area contributed by atoms with Crippen molar-refractivity contribution in [2.45, 2.75) is 25.6 Å². The summed E-state index contributed by atoms with van der Waals surface area (Å²) in [4.78, 5) is 17.7. The minimum absolute atomic E-state index is 0.00798. The molecule has 0 atom stereocenters. The van der Waals surface area contributed by atoms with Crippen molar-refractivity contribution in [3.63, 3.8) is 0 Å². The van der Waals surface area contributed by atoms with Gasteiger partial charge in [-0.05, 0) is 36.6 Å². The molecular weight excluding hydrogens is 540 g/mol. The zero-order chi connectivity index (χ0) is 26.3. The van der Waals surface area contributed by atoms with E-state index >= 15 is 0 Å². The average Bonchev–Trinajstić information content (AvgIpc) is 3.36. The van der Waals surface area contributed by atoms with E-state index in [1.54, 1.807) is 31.2 Å². The van der Waals surface area contributed by atoms with Crippen LogP contribution in [0.25, 0.3) is 21.3 Å². The zero-order valence-corrected chi connectivity index (χ0v) is 22.1. The Balaban J connectivity index is 1.61. The number of esters is 1. The summed E-state index contributed by atoms with van der Waals surface area (Å²) in [6.45, 7) is 1.78. The molecule has 37 heavy (non-hydrogen) atoms. The molecule has 4 aromatic rings. The standard InChI is InChI=1S/C25H23ClN2O7S2/c1-2-34-21(31)12-35-15-5-3-14(4-6-15)22-23-16-9-10-37(32,33)13-18(16)36-25(23)27-17(24(22)26)11-28-19(29)7-8-20(28)30/h3-8,29-30H,2,9-13H2,1H3. The summed E-state index contributed by atoms with van der Waals surface area (Å²) in [5.74, 6) is -0.273. The van der Waals surface area contributed by atoms with E-state index in [0.717, 1.165) is 21.4 Å². The Morgan fingerprint density at radius 2 is 1.86 bits per heavy atom. The summed E-state index contributed by atoms with van der Waals surface area (Å²) >= 11 is 8.25. The topological polar surface area (TPSA) is 128 Å². The molecule has 194 valence electrons. The quantitative estimate of drug-likeness (QED) is 0.319. The Bertz CT molecular complexity index is 1590. The molecule has 0 saturated carbocycles. The molecule has 2 N–H and O–H groups in total. The molecule has 9 nitrogen and oxygen atoms in total. The number of hydrogen-bond donors (Lipinski definition) is 2. The molecule has 0 fully saturated rings. The maximum Gasteiger partial charge on any atom is 0.344 e. The minimum atomic E-state index is -3.19. The van der Waals surface area contributed by atoms with Gasteiger partial charge in [0, 0.05) is 28.0 Å². The molecule has 0 spiro atoms. The Hall–Kier alpha value is -3.28. The normalized spacial score (nSPS) is 14.4. The Labute approximate surface area is 221 Å². The number of aromatic hydroxyl groups is 2. The van der Waals surface area contributed by atoms with E-state index in [1.807, 2.05) is 0 Å². The van der Waals surface area contributed by atoms with Crippen LogP contribution in [0.3, 0.4) is 0 Å². The second-order valence-electron chi connectivity index (χ2n) is 8.53. The first-order valence-electron chi connectivity index (χ1n) is 11.5. The number of nitrogens with zero attached hydrogens (tertiary/aromatic N) is 2. The largest absolute Gasteiger partial charge is 0.494 e. The smallest absolute Gasteiger partial charge is 0.344 e. The van der Waals surface area contributed by atoms with Gasteiger partial charge in [-0.25, -0.2) is 18.2 Å². The first-order valence-corrected chi connectivity index (χ1v) is 14.5. The highest BCUT2D eigenvalue weighted by Gasteiger charge is 2.29. The lowest BCUT2D eigenvalue weighted by Crippen LogP contribution is -2.17. The third-order valence-corrected chi connectivity index (χ3v) is 9.36. The molecular formula is C25H23ClN2O7S2. The van der Waals surface area contributed by atoms with Crippen LogP contribution in [0.2, 0.25) is 5.02 Å². The summed E-state index contributed by atoms with van der Waals surface area (Å²) in [5.41, 5.74) is 2.76. The third kappa shape index (κ3) is 4.98. The van der Waals surface area contributed by atoms with Crippen LogP contribution in [-0.2, 0) is 38.1 Å². The SMILES string of the molecule is CCOC(=O)COc1ccc(-c2c(Cl)c(Cn3c(O)ccc3O)nc3sc4c(c23)CCS(=O)(=O)C4)cc1. The van der Waals surface area contributed by atoms with Crippen LogP contribution in [0.4, 0.5) is 0 Å². The van der Waals surface area contributed by atoms with Gasteiger partial charge in [-0.1, -0.05) is 23.7 Å².